The first kappa shape index (κ1) is 13.5. The van der Waals surface area contributed by atoms with Crippen molar-refractivity contribution in [3.63, 3.8) is 0 Å². The van der Waals surface area contributed by atoms with Crippen LogP contribution in [0.1, 0.15) is 41.0 Å². The molecule has 0 bridgehead atoms. The molecule has 92 valence electrons. The van der Waals surface area contributed by atoms with Gasteiger partial charge in [0.2, 0.25) is 0 Å². The molecule has 1 unspecified atom stereocenters. The molecule has 0 aliphatic heterocycles. The van der Waals surface area contributed by atoms with E-state index in [2.05, 4.69) is 59.7 Å². The zero-order valence-corrected chi connectivity index (χ0v) is 12.0. The summed E-state index contributed by atoms with van der Waals surface area (Å²) in [4.78, 5) is 2.30. The first-order valence-electron chi connectivity index (χ1n) is 6.46. The van der Waals surface area contributed by atoms with Gasteiger partial charge in [0.05, 0.1) is 0 Å². The van der Waals surface area contributed by atoms with Crippen LogP contribution in [-0.4, -0.2) is 25.0 Å². The summed E-state index contributed by atoms with van der Waals surface area (Å²) in [5, 5.41) is 0. The standard InChI is InChI=1S/C15H27N/c1-10(2)13-8-9-14(12(5)16(6)7)15(13)11(3)4/h9-12H,8H2,1-7H3. The van der Waals surface area contributed by atoms with Crippen LogP contribution in [-0.2, 0) is 0 Å². The first-order valence-corrected chi connectivity index (χ1v) is 6.46. The third-order valence-electron chi connectivity index (χ3n) is 3.70. The molecule has 0 N–H and O–H groups in total. The van der Waals surface area contributed by atoms with E-state index in [9.17, 15) is 0 Å². The molecule has 0 saturated carbocycles. The Hall–Kier alpha value is -0.560. The molecule has 0 aromatic rings. The van der Waals surface area contributed by atoms with Crippen LogP contribution in [0.15, 0.2) is 22.8 Å². The van der Waals surface area contributed by atoms with E-state index in [1.54, 1.807) is 16.7 Å². The highest BCUT2D eigenvalue weighted by molar-refractivity contribution is 5.46. The smallest absolute Gasteiger partial charge is 0.0313 e. The monoisotopic (exact) mass is 221 g/mol. The molecule has 0 heterocycles. The maximum absolute atomic E-state index is 2.44. The highest BCUT2D eigenvalue weighted by Crippen LogP contribution is 2.38. The summed E-state index contributed by atoms with van der Waals surface area (Å²) in [7, 11) is 4.33. The molecule has 1 heteroatoms. The van der Waals surface area contributed by atoms with Crippen LogP contribution in [0.5, 0.6) is 0 Å². The number of nitrogens with zero attached hydrogens (tertiary/aromatic N) is 1. The van der Waals surface area contributed by atoms with Gasteiger partial charge in [-0.2, -0.15) is 0 Å². The van der Waals surface area contributed by atoms with Crippen LogP contribution in [0, 0.1) is 11.8 Å². The van der Waals surface area contributed by atoms with E-state index in [0.29, 0.717) is 17.9 Å². The second-order valence-electron chi connectivity index (χ2n) is 5.75. The SMILES string of the molecule is CC(C)C1=C(C(C)C)C(C(C)N(C)C)=CC1. The van der Waals surface area contributed by atoms with E-state index < -0.39 is 0 Å². The van der Waals surface area contributed by atoms with Gasteiger partial charge in [0.25, 0.3) is 0 Å². The molecular weight excluding hydrogens is 194 g/mol. The van der Waals surface area contributed by atoms with Crippen molar-refractivity contribution < 1.29 is 0 Å². The van der Waals surface area contributed by atoms with Crippen molar-refractivity contribution in [2.75, 3.05) is 14.1 Å². The quantitative estimate of drug-likeness (QED) is 0.696. The van der Waals surface area contributed by atoms with Gasteiger partial charge in [-0.3, -0.25) is 0 Å². The minimum atomic E-state index is 0.536. The zero-order valence-electron chi connectivity index (χ0n) is 12.0. The number of likely N-dealkylation sites (N-methyl/N-ethyl adjacent to an activating group) is 1. The second-order valence-corrected chi connectivity index (χ2v) is 5.75. The largest absolute Gasteiger partial charge is 0.303 e. The van der Waals surface area contributed by atoms with Gasteiger partial charge in [-0.05, 0) is 50.4 Å². The predicted molar refractivity (Wildman–Crippen MR) is 72.6 cm³/mol. The summed E-state index contributed by atoms with van der Waals surface area (Å²) >= 11 is 0. The average Bonchev–Trinajstić information content (AvgIpc) is 2.60. The molecule has 0 radical (unpaired) electrons. The minimum absolute atomic E-state index is 0.536. The summed E-state index contributed by atoms with van der Waals surface area (Å²) in [5.74, 6) is 1.33. The summed E-state index contributed by atoms with van der Waals surface area (Å²) < 4.78 is 0. The Bertz CT molecular complexity index is 305. The van der Waals surface area contributed by atoms with Crippen molar-refractivity contribution in [1.82, 2.24) is 4.90 Å². The van der Waals surface area contributed by atoms with E-state index >= 15 is 0 Å². The van der Waals surface area contributed by atoms with Gasteiger partial charge in [0.1, 0.15) is 0 Å². The molecule has 1 aliphatic rings. The summed E-state index contributed by atoms with van der Waals surface area (Å²) in [5.41, 5.74) is 4.83. The molecule has 0 fully saturated rings. The Morgan fingerprint density at radius 1 is 1.00 bits per heavy atom. The lowest BCUT2D eigenvalue weighted by Crippen LogP contribution is -2.27. The molecular formula is C15H27N. The maximum Gasteiger partial charge on any atom is 0.0313 e. The highest BCUT2D eigenvalue weighted by atomic mass is 15.1. The Kier molecular flexibility index (Phi) is 4.37. The van der Waals surface area contributed by atoms with Crippen molar-refractivity contribution in [3.05, 3.63) is 22.8 Å². The van der Waals surface area contributed by atoms with E-state index in [1.807, 2.05) is 0 Å². The van der Waals surface area contributed by atoms with Crippen LogP contribution in [0.3, 0.4) is 0 Å². The van der Waals surface area contributed by atoms with Gasteiger partial charge in [-0.15, -0.1) is 0 Å². The van der Waals surface area contributed by atoms with Gasteiger partial charge in [-0.25, -0.2) is 0 Å². The van der Waals surface area contributed by atoms with Gasteiger partial charge >= 0.3 is 0 Å². The summed E-state index contributed by atoms with van der Waals surface area (Å²) in [6.07, 6.45) is 3.61. The highest BCUT2D eigenvalue weighted by Gasteiger charge is 2.25. The Balaban J connectivity index is 3.05. The lowest BCUT2D eigenvalue weighted by molar-refractivity contribution is 0.350. The zero-order chi connectivity index (χ0) is 12.5. The van der Waals surface area contributed by atoms with Crippen LogP contribution in [0.2, 0.25) is 0 Å². The molecule has 1 nitrogen and oxygen atoms in total. The number of hydrogen-bond acceptors (Lipinski definition) is 1. The Labute approximate surface area is 101 Å². The third-order valence-corrected chi connectivity index (χ3v) is 3.70. The van der Waals surface area contributed by atoms with Gasteiger partial charge in [0.15, 0.2) is 0 Å². The van der Waals surface area contributed by atoms with Crippen LogP contribution >= 0.6 is 0 Å². The van der Waals surface area contributed by atoms with E-state index in [4.69, 9.17) is 0 Å². The average molecular weight is 221 g/mol. The van der Waals surface area contributed by atoms with Crippen molar-refractivity contribution in [1.29, 1.82) is 0 Å². The fraction of sp³-hybridized carbons (Fsp3) is 0.733. The minimum Gasteiger partial charge on any atom is -0.303 e. The van der Waals surface area contributed by atoms with Crippen molar-refractivity contribution >= 4 is 0 Å². The molecule has 1 aliphatic carbocycles. The third kappa shape index (κ3) is 2.57. The second kappa shape index (κ2) is 5.18. The predicted octanol–water partition coefficient (Wildman–Crippen LogP) is 3.88. The lowest BCUT2D eigenvalue weighted by atomic mass is 9.87. The molecule has 0 aromatic heterocycles. The van der Waals surface area contributed by atoms with Crippen LogP contribution < -0.4 is 0 Å². The molecule has 0 saturated heterocycles. The Morgan fingerprint density at radius 3 is 1.94 bits per heavy atom. The molecule has 0 aromatic carbocycles. The molecule has 16 heavy (non-hydrogen) atoms. The van der Waals surface area contributed by atoms with E-state index in [-0.39, 0.29) is 0 Å². The number of rotatable bonds is 4. The maximum atomic E-state index is 2.44. The fourth-order valence-electron chi connectivity index (χ4n) is 2.55. The molecule has 0 amide bonds. The normalized spacial score (nSPS) is 19.0. The van der Waals surface area contributed by atoms with Crippen LogP contribution in [0.4, 0.5) is 0 Å². The van der Waals surface area contributed by atoms with Crippen LogP contribution in [0.25, 0.3) is 0 Å². The van der Waals surface area contributed by atoms with Crippen molar-refractivity contribution in [2.24, 2.45) is 11.8 Å². The van der Waals surface area contributed by atoms with E-state index in [1.165, 1.54) is 6.42 Å². The topological polar surface area (TPSA) is 3.24 Å². The van der Waals surface area contributed by atoms with Crippen molar-refractivity contribution in [3.8, 4) is 0 Å². The molecule has 1 atom stereocenters. The molecule has 1 rings (SSSR count). The van der Waals surface area contributed by atoms with E-state index in [0.717, 1.165) is 0 Å². The molecule has 0 spiro atoms. The fourth-order valence-corrected chi connectivity index (χ4v) is 2.55. The van der Waals surface area contributed by atoms with Gasteiger partial charge < -0.3 is 4.90 Å². The van der Waals surface area contributed by atoms with Crippen molar-refractivity contribution in [2.45, 2.75) is 47.1 Å². The number of hydrogen-bond donors (Lipinski definition) is 0. The first-order chi connectivity index (χ1) is 7.36. The van der Waals surface area contributed by atoms with Gasteiger partial charge in [-0.1, -0.05) is 39.3 Å². The summed E-state index contributed by atoms with van der Waals surface area (Å²) in [6, 6.07) is 0.536. The van der Waals surface area contributed by atoms with Gasteiger partial charge in [0, 0.05) is 6.04 Å². The summed E-state index contributed by atoms with van der Waals surface area (Å²) in [6.45, 7) is 11.6. The Morgan fingerprint density at radius 2 is 1.56 bits per heavy atom. The lowest BCUT2D eigenvalue weighted by Gasteiger charge is -2.26. The number of allylic oxidation sites excluding steroid dienone is 2.